The number of nitrogens with one attached hydrogen (secondary N) is 2. The van der Waals surface area contributed by atoms with Gasteiger partial charge in [0.25, 0.3) is 0 Å². The zero-order chi connectivity index (χ0) is 20.1. The standard InChI is InChI=1S/C24H25N5O/c30-22-24(11-14-29(22)16-17-15-25-19-6-2-1-5-18(17)19)9-12-28(13-10-24)23-26-20-7-3-4-8-21(20)27-23/h1-8,15,25H,9-14,16H2,(H,26,27). The van der Waals surface area contributed by atoms with Crippen molar-refractivity contribution in [2.45, 2.75) is 25.8 Å². The third-order valence-electron chi connectivity index (χ3n) is 7.03. The molecule has 0 unspecified atom stereocenters. The summed E-state index contributed by atoms with van der Waals surface area (Å²) in [6, 6.07) is 16.4. The fourth-order valence-corrected chi connectivity index (χ4v) is 5.21. The number of nitrogens with zero attached hydrogens (tertiary/aromatic N) is 3. The highest BCUT2D eigenvalue weighted by atomic mass is 16.2. The second-order valence-electron chi connectivity index (χ2n) is 8.68. The maximum atomic E-state index is 13.4. The number of H-pyrrole nitrogens is 2. The highest BCUT2D eigenvalue weighted by Crippen LogP contribution is 2.43. The molecule has 2 aromatic carbocycles. The van der Waals surface area contributed by atoms with Gasteiger partial charge in [-0.25, -0.2) is 4.98 Å². The molecule has 2 aromatic heterocycles. The maximum Gasteiger partial charge on any atom is 0.229 e. The fourth-order valence-electron chi connectivity index (χ4n) is 5.21. The van der Waals surface area contributed by atoms with Crippen molar-refractivity contribution in [1.29, 1.82) is 0 Å². The van der Waals surface area contributed by atoms with Crippen LogP contribution in [0.15, 0.2) is 54.7 Å². The molecule has 0 saturated carbocycles. The van der Waals surface area contributed by atoms with Gasteiger partial charge in [-0.15, -0.1) is 0 Å². The van der Waals surface area contributed by atoms with E-state index in [1.165, 1.54) is 10.9 Å². The number of carbonyl (C=O) groups is 1. The Balaban J connectivity index is 1.16. The van der Waals surface area contributed by atoms with E-state index in [0.29, 0.717) is 12.5 Å². The highest BCUT2D eigenvalue weighted by molar-refractivity contribution is 5.87. The summed E-state index contributed by atoms with van der Waals surface area (Å²) in [5, 5.41) is 1.21. The van der Waals surface area contributed by atoms with E-state index in [1.54, 1.807) is 0 Å². The molecule has 1 spiro atoms. The molecule has 2 aliphatic heterocycles. The van der Waals surface area contributed by atoms with Gasteiger partial charge in [-0.3, -0.25) is 4.79 Å². The molecule has 1 amide bonds. The molecule has 2 N–H and O–H groups in total. The summed E-state index contributed by atoms with van der Waals surface area (Å²) >= 11 is 0. The van der Waals surface area contributed by atoms with Gasteiger partial charge in [-0.1, -0.05) is 30.3 Å². The summed E-state index contributed by atoms with van der Waals surface area (Å²) in [7, 11) is 0. The lowest BCUT2D eigenvalue weighted by Crippen LogP contribution is -2.45. The number of rotatable bonds is 3. The number of hydrogen-bond donors (Lipinski definition) is 2. The van der Waals surface area contributed by atoms with Gasteiger partial charge in [-0.05, 0) is 43.0 Å². The molecular weight excluding hydrogens is 374 g/mol. The topological polar surface area (TPSA) is 68.0 Å². The van der Waals surface area contributed by atoms with E-state index in [9.17, 15) is 4.79 Å². The van der Waals surface area contributed by atoms with Crippen molar-refractivity contribution in [3.63, 3.8) is 0 Å². The van der Waals surface area contributed by atoms with Crippen LogP contribution in [0, 0.1) is 5.41 Å². The smallest absolute Gasteiger partial charge is 0.229 e. The van der Waals surface area contributed by atoms with Crippen molar-refractivity contribution in [2.75, 3.05) is 24.5 Å². The van der Waals surface area contributed by atoms with E-state index in [0.717, 1.165) is 61.4 Å². The fraction of sp³-hybridized carbons (Fsp3) is 0.333. The zero-order valence-electron chi connectivity index (χ0n) is 16.9. The molecule has 0 atom stereocenters. The molecule has 6 nitrogen and oxygen atoms in total. The number of carbonyl (C=O) groups excluding carboxylic acids is 1. The number of hydrogen-bond acceptors (Lipinski definition) is 3. The van der Waals surface area contributed by atoms with Crippen molar-refractivity contribution >= 4 is 33.8 Å². The molecule has 30 heavy (non-hydrogen) atoms. The minimum atomic E-state index is -0.200. The van der Waals surface area contributed by atoms with E-state index >= 15 is 0 Å². The lowest BCUT2D eigenvalue weighted by Gasteiger charge is -2.37. The minimum absolute atomic E-state index is 0.200. The van der Waals surface area contributed by atoms with Crippen LogP contribution >= 0.6 is 0 Å². The first kappa shape index (κ1) is 17.6. The molecular formula is C24H25N5O. The number of para-hydroxylation sites is 3. The van der Waals surface area contributed by atoms with Gasteiger partial charge < -0.3 is 19.8 Å². The summed E-state index contributed by atoms with van der Waals surface area (Å²) in [4.78, 5) is 29.2. The second-order valence-corrected chi connectivity index (χ2v) is 8.68. The van der Waals surface area contributed by atoms with Crippen molar-refractivity contribution in [3.8, 4) is 0 Å². The number of imidazole rings is 1. The zero-order valence-corrected chi connectivity index (χ0v) is 16.9. The Morgan fingerprint density at radius 3 is 2.50 bits per heavy atom. The minimum Gasteiger partial charge on any atom is -0.361 e. The van der Waals surface area contributed by atoms with Crippen LogP contribution in [0.5, 0.6) is 0 Å². The predicted molar refractivity (Wildman–Crippen MR) is 118 cm³/mol. The molecule has 0 radical (unpaired) electrons. The molecule has 2 saturated heterocycles. The number of aromatic amines is 2. The van der Waals surface area contributed by atoms with Crippen LogP contribution in [-0.4, -0.2) is 45.4 Å². The predicted octanol–water partition coefficient (Wildman–Crippen LogP) is 4.06. The number of fused-ring (bicyclic) bond motifs is 2. The number of benzene rings is 2. The lowest BCUT2D eigenvalue weighted by molar-refractivity contribution is -0.137. The SMILES string of the molecule is O=C1N(Cc2c[nH]c3ccccc23)CCC12CCN(c1nc3ccccc3[nH]1)CC2. The molecule has 0 bridgehead atoms. The number of likely N-dealkylation sites (tertiary alicyclic amines) is 1. The summed E-state index contributed by atoms with van der Waals surface area (Å²) in [6.45, 7) is 3.28. The summed E-state index contributed by atoms with van der Waals surface area (Å²) < 4.78 is 0. The van der Waals surface area contributed by atoms with E-state index in [-0.39, 0.29) is 5.41 Å². The van der Waals surface area contributed by atoms with E-state index in [4.69, 9.17) is 4.98 Å². The van der Waals surface area contributed by atoms with Crippen LogP contribution in [0.1, 0.15) is 24.8 Å². The van der Waals surface area contributed by atoms with E-state index in [1.807, 2.05) is 30.5 Å². The van der Waals surface area contributed by atoms with Crippen LogP contribution in [0.25, 0.3) is 21.9 Å². The average molecular weight is 399 g/mol. The molecule has 2 aliphatic rings. The Hall–Kier alpha value is -3.28. The Morgan fingerprint density at radius 2 is 1.67 bits per heavy atom. The molecule has 2 fully saturated rings. The third-order valence-corrected chi connectivity index (χ3v) is 7.03. The van der Waals surface area contributed by atoms with Gasteiger partial charge in [0.1, 0.15) is 0 Å². The number of anilines is 1. The quantitative estimate of drug-likeness (QED) is 0.546. The van der Waals surface area contributed by atoms with Crippen LogP contribution in [0.3, 0.4) is 0 Å². The summed E-state index contributed by atoms with van der Waals surface area (Å²) in [5.41, 5.74) is 4.20. The van der Waals surface area contributed by atoms with Crippen molar-refractivity contribution in [1.82, 2.24) is 19.9 Å². The van der Waals surface area contributed by atoms with Crippen molar-refractivity contribution in [3.05, 3.63) is 60.3 Å². The van der Waals surface area contributed by atoms with Gasteiger partial charge in [0, 0.05) is 43.3 Å². The monoisotopic (exact) mass is 399 g/mol. The second kappa shape index (κ2) is 6.62. The van der Waals surface area contributed by atoms with Crippen molar-refractivity contribution < 1.29 is 4.79 Å². The summed E-state index contributed by atoms with van der Waals surface area (Å²) in [6.07, 6.45) is 4.80. The van der Waals surface area contributed by atoms with Gasteiger partial charge in [-0.2, -0.15) is 0 Å². The van der Waals surface area contributed by atoms with Crippen LogP contribution in [0.4, 0.5) is 5.95 Å². The Kier molecular flexibility index (Phi) is 3.88. The normalized spacial score (nSPS) is 18.9. The first-order valence-electron chi connectivity index (χ1n) is 10.8. The maximum absolute atomic E-state index is 13.4. The van der Waals surface area contributed by atoms with Gasteiger partial charge in [0.05, 0.1) is 16.4 Å². The van der Waals surface area contributed by atoms with Crippen LogP contribution in [-0.2, 0) is 11.3 Å². The Morgan fingerprint density at radius 1 is 0.933 bits per heavy atom. The lowest BCUT2D eigenvalue weighted by atomic mass is 9.77. The van der Waals surface area contributed by atoms with Crippen molar-refractivity contribution in [2.24, 2.45) is 5.41 Å². The van der Waals surface area contributed by atoms with Crippen LogP contribution in [0.2, 0.25) is 0 Å². The third kappa shape index (κ3) is 2.70. The molecule has 0 aliphatic carbocycles. The molecule has 4 heterocycles. The van der Waals surface area contributed by atoms with Gasteiger partial charge >= 0.3 is 0 Å². The first-order chi connectivity index (χ1) is 14.7. The molecule has 4 aromatic rings. The molecule has 152 valence electrons. The van der Waals surface area contributed by atoms with Gasteiger partial charge in [0.2, 0.25) is 11.9 Å². The highest BCUT2D eigenvalue weighted by Gasteiger charge is 2.48. The summed E-state index contributed by atoms with van der Waals surface area (Å²) in [5.74, 6) is 1.25. The van der Waals surface area contributed by atoms with E-state index < -0.39 is 0 Å². The average Bonchev–Trinajstić information content (AvgIpc) is 3.47. The number of amides is 1. The first-order valence-corrected chi connectivity index (χ1v) is 10.8. The number of piperidine rings is 1. The Labute approximate surface area is 174 Å². The van der Waals surface area contributed by atoms with E-state index in [2.05, 4.69) is 44.0 Å². The number of aromatic nitrogens is 3. The molecule has 6 rings (SSSR count). The molecule has 6 heteroatoms. The van der Waals surface area contributed by atoms with Crippen LogP contribution < -0.4 is 4.90 Å². The Bertz CT molecular complexity index is 1200. The van der Waals surface area contributed by atoms with Gasteiger partial charge in [0.15, 0.2) is 0 Å². The largest absolute Gasteiger partial charge is 0.361 e.